The molecule has 2 aliphatic heterocycles. The highest BCUT2D eigenvalue weighted by Crippen LogP contribution is 2.31. The average molecular weight is 494 g/mol. The highest BCUT2D eigenvalue weighted by Gasteiger charge is 2.37. The predicted octanol–water partition coefficient (Wildman–Crippen LogP) is 4.23. The molecule has 2 fully saturated rings. The van der Waals surface area contributed by atoms with Crippen molar-refractivity contribution >= 4 is 28.1 Å². The molecule has 2 aliphatic rings. The lowest BCUT2D eigenvalue weighted by atomic mass is 9.94. The van der Waals surface area contributed by atoms with Gasteiger partial charge in [-0.3, -0.25) is 4.79 Å². The van der Waals surface area contributed by atoms with E-state index in [1.807, 2.05) is 4.90 Å². The number of nitrogens with zero attached hydrogens (tertiary/aromatic N) is 3. The van der Waals surface area contributed by atoms with E-state index in [4.69, 9.17) is 4.52 Å². The fourth-order valence-electron chi connectivity index (χ4n) is 4.73. The van der Waals surface area contributed by atoms with Crippen LogP contribution in [0.2, 0.25) is 0 Å². The zero-order chi connectivity index (χ0) is 24.5. The molecule has 0 aliphatic carbocycles. The van der Waals surface area contributed by atoms with Gasteiger partial charge >= 0.3 is 0 Å². The van der Waals surface area contributed by atoms with Gasteiger partial charge in [-0.25, -0.2) is 17.2 Å². The van der Waals surface area contributed by atoms with Crippen LogP contribution >= 0.6 is 0 Å². The Morgan fingerprint density at radius 1 is 1.12 bits per heavy atom. The summed E-state index contributed by atoms with van der Waals surface area (Å²) >= 11 is 0. The minimum absolute atomic E-state index is 0.0263. The van der Waals surface area contributed by atoms with Gasteiger partial charge in [0.1, 0.15) is 17.3 Å². The third-order valence-corrected chi connectivity index (χ3v) is 8.75. The number of carbonyl (C=O) groups excluding carboxylic acids is 1. The fraction of sp³-hybridized carbons (Fsp3) is 0.500. The lowest BCUT2D eigenvalue weighted by molar-refractivity contribution is -0.140. The SMILES string of the molecule is Cc1noc(/C=C/c2ccc(F)cc2F)c1S(=O)(=O)N1CCC(C(=O)N2CCCC[C@@H]2C)CC1. The zero-order valence-electron chi connectivity index (χ0n) is 19.3. The van der Waals surface area contributed by atoms with Crippen LogP contribution in [0.25, 0.3) is 12.2 Å². The number of carbonyl (C=O) groups is 1. The molecule has 0 bridgehead atoms. The fourth-order valence-corrected chi connectivity index (χ4v) is 6.45. The maximum atomic E-state index is 13.9. The van der Waals surface area contributed by atoms with E-state index in [1.165, 1.54) is 29.4 Å². The maximum Gasteiger partial charge on any atom is 0.248 e. The number of rotatable bonds is 5. The number of likely N-dealkylation sites (tertiary alicyclic amines) is 1. The molecule has 1 aromatic carbocycles. The molecule has 4 rings (SSSR count). The molecule has 2 aromatic rings. The van der Waals surface area contributed by atoms with Crippen molar-refractivity contribution in [1.82, 2.24) is 14.4 Å². The van der Waals surface area contributed by atoms with Gasteiger partial charge in [0.05, 0.1) is 0 Å². The first-order chi connectivity index (χ1) is 16.2. The van der Waals surface area contributed by atoms with Crippen molar-refractivity contribution in [3.63, 3.8) is 0 Å². The predicted molar refractivity (Wildman–Crippen MR) is 123 cm³/mol. The summed E-state index contributed by atoms with van der Waals surface area (Å²) in [4.78, 5) is 14.9. The molecular weight excluding hydrogens is 464 g/mol. The van der Waals surface area contributed by atoms with Crippen LogP contribution in [0, 0.1) is 24.5 Å². The van der Waals surface area contributed by atoms with Crippen LogP contribution in [-0.2, 0) is 14.8 Å². The van der Waals surface area contributed by atoms with Gasteiger partial charge in [0.25, 0.3) is 0 Å². The van der Waals surface area contributed by atoms with Gasteiger partial charge in [0.15, 0.2) is 10.7 Å². The molecular formula is C24H29F2N3O4S. The van der Waals surface area contributed by atoms with Crippen molar-refractivity contribution in [2.24, 2.45) is 5.92 Å². The van der Waals surface area contributed by atoms with Gasteiger partial charge in [-0.05, 0) is 70.2 Å². The monoisotopic (exact) mass is 493 g/mol. The first kappa shape index (κ1) is 24.5. The Morgan fingerprint density at radius 2 is 1.85 bits per heavy atom. The summed E-state index contributed by atoms with van der Waals surface area (Å²) in [6, 6.07) is 3.34. The molecule has 7 nitrogen and oxygen atoms in total. The van der Waals surface area contributed by atoms with Crippen LogP contribution in [0.5, 0.6) is 0 Å². The van der Waals surface area contributed by atoms with Crippen LogP contribution in [0.3, 0.4) is 0 Å². The van der Waals surface area contributed by atoms with Crippen LogP contribution < -0.4 is 0 Å². The molecule has 0 N–H and O–H groups in total. The van der Waals surface area contributed by atoms with E-state index in [1.54, 1.807) is 0 Å². The van der Waals surface area contributed by atoms with Gasteiger partial charge in [-0.1, -0.05) is 5.16 Å². The van der Waals surface area contributed by atoms with Crippen LogP contribution in [0.1, 0.15) is 56.0 Å². The Labute approximate surface area is 198 Å². The van der Waals surface area contributed by atoms with E-state index in [-0.39, 0.29) is 52.9 Å². The largest absolute Gasteiger partial charge is 0.355 e. The van der Waals surface area contributed by atoms with Crippen LogP contribution in [0.4, 0.5) is 8.78 Å². The van der Waals surface area contributed by atoms with E-state index >= 15 is 0 Å². The topological polar surface area (TPSA) is 83.7 Å². The summed E-state index contributed by atoms with van der Waals surface area (Å²) in [5.41, 5.74) is 0.282. The van der Waals surface area contributed by atoms with Crippen molar-refractivity contribution in [3.05, 3.63) is 46.9 Å². The van der Waals surface area contributed by atoms with E-state index in [9.17, 15) is 22.0 Å². The van der Waals surface area contributed by atoms with Gasteiger partial charge < -0.3 is 9.42 Å². The molecule has 0 saturated carbocycles. The number of hydrogen-bond donors (Lipinski definition) is 0. The second kappa shape index (κ2) is 9.95. The van der Waals surface area contributed by atoms with Crippen LogP contribution in [-0.4, -0.2) is 54.4 Å². The maximum absolute atomic E-state index is 13.9. The number of aryl methyl sites for hydroxylation is 1. The molecule has 3 heterocycles. The van der Waals surface area contributed by atoms with E-state index in [0.717, 1.165) is 37.9 Å². The number of halogens is 2. The third kappa shape index (κ3) is 4.93. The molecule has 1 aromatic heterocycles. The number of amides is 1. The second-order valence-corrected chi connectivity index (χ2v) is 10.9. The van der Waals surface area contributed by atoms with E-state index < -0.39 is 21.7 Å². The normalized spacial score (nSPS) is 20.8. The third-order valence-electron chi connectivity index (χ3n) is 6.70. The molecule has 10 heteroatoms. The number of benzene rings is 1. The quantitative estimate of drug-likeness (QED) is 0.622. The standard InChI is InChI=1S/C24H29F2N3O4S/c1-16-5-3-4-12-29(16)24(30)19-10-13-28(14-11-19)34(31,32)23-17(2)27-33-22(23)9-7-18-6-8-20(25)15-21(18)26/h6-9,15-16,19H,3-5,10-14H2,1-2H3/b9-7+/t16-/m0/s1. The number of aromatic nitrogens is 1. The molecule has 0 spiro atoms. The lowest BCUT2D eigenvalue weighted by Gasteiger charge is -2.38. The summed E-state index contributed by atoms with van der Waals surface area (Å²) in [5.74, 6) is -1.56. The molecule has 1 amide bonds. The highest BCUT2D eigenvalue weighted by atomic mass is 32.2. The van der Waals surface area contributed by atoms with Gasteiger partial charge in [0.2, 0.25) is 15.9 Å². The molecule has 34 heavy (non-hydrogen) atoms. The number of hydrogen-bond acceptors (Lipinski definition) is 5. The van der Waals surface area contributed by atoms with Crippen LogP contribution in [0.15, 0.2) is 27.6 Å². The van der Waals surface area contributed by atoms with Crippen molar-refractivity contribution in [2.45, 2.75) is 56.9 Å². The Bertz CT molecular complexity index is 1190. The molecule has 184 valence electrons. The molecule has 2 saturated heterocycles. The lowest BCUT2D eigenvalue weighted by Crippen LogP contribution is -2.48. The number of sulfonamides is 1. The summed E-state index contributed by atoms with van der Waals surface area (Å²) in [6.07, 6.45) is 6.69. The molecule has 0 radical (unpaired) electrons. The Kier molecular flexibility index (Phi) is 7.18. The molecule has 0 unspecified atom stereocenters. The minimum atomic E-state index is -3.94. The Balaban J connectivity index is 1.48. The second-order valence-electron chi connectivity index (χ2n) is 9.02. The number of piperidine rings is 2. The summed E-state index contributed by atoms with van der Waals surface area (Å²) < 4.78 is 60.5. The first-order valence-electron chi connectivity index (χ1n) is 11.6. The van der Waals surface area contributed by atoms with Gasteiger partial charge in [-0.15, -0.1) is 0 Å². The first-order valence-corrected chi connectivity index (χ1v) is 13.0. The Morgan fingerprint density at radius 3 is 2.53 bits per heavy atom. The van der Waals surface area contributed by atoms with Gasteiger partial charge in [-0.2, -0.15) is 4.31 Å². The van der Waals surface area contributed by atoms with E-state index in [2.05, 4.69) is 12.1 Å². The molecule has 1 atom stereocenters. The zero-order valence-corrected chi connectivity index (χ0v) is 20.2. The summed E-state index contributed by atoms with van der Waals surface area (Å²) in [7, 11) is -3.94. The van der Waals surface area contributed by atoms with Crippen molar-refractivity contribution < 1.29 is 26.5 Å². The minimum Gasteiger partial charge on any atom is -0.355 e. The van der Waals surface area contributed by atoms with E-state index in [0.29, 0.717) is 12.8 Å². The van der Waals surface area contributed by atoms with Crippen molar-refractivity contribution in [3.8, 4) is 0 Å². The smallest absolute Gasteiger partial charge is 0.248 e. The van der Waals surface area contributed by atoms with Crippen molar-refractivity contribution in [1.29, 1.82) is 0 Å². The highest BCUT2D eigenvalue weighted by molar-refractivity contribution is 7.89. The van der Waals surface area contributed by atoms with Crippen molar-refractivity contribution in [2.75, 3.05) is 19.6 Å². The summed E-state index contributed by atoms with van der Waals surface area (Å²) in [5, 5.41) is 3.79. The average Bonchev–Trinajstić information content (AvgIpc) is 3.19. The van der Waals surface area contributed by atoms with Gasteiger partial charge in [0, 0.05) is 43.2 Å². The Hall–Kier alpha value is -2.59. The summed E-state index contributed by atoms with van der Waals surface area (Å²) in [6.45, 7) is 4.81.